The molecular weight excluding hydrogens is 352 g/mol. The highest BCUT2D eigenvalue weighted by molar-refractivity contribution is 5.25. The van der Waals surface area contributed by atoms with E-state index in [4.69, 9.17) is 14.2 Å². The van der Waals surface area contributed by atoms with Gasteiger partial charge in [-0.1, -0.05) is 60.2 Å². The molecule has 150 valence electrons. The number of rotatable bonds is 6. The van der Waals surface area contributed by atoms with Crippen LogP contribution in [-0.4, -0.2) is 30.7 Å². The Balaban J connectivity index is 1.49. The van der Waals surface area contributed by atoms with Crippen LogP contribution >= 0.6 is 0 Å². The van der Waals surface area contributed by atoms with Gasteiger partial charge in [0.05, 0.1) is 32.5 Å². The van der Waals surface area contributed by atoms with Gasteiger partial charge in [-0.15, -0.1) is 0 Å². The van der Waals surface area contributed by atoms with Crippen molar-refractivity contribution in [2.75, 3.05) is 19.8 Å². The van der Waals surface area contributed by atoms with Crippen LogP contribution in [0.5, 0.6) is 0 Å². The van der Waals surface area contributed by atoms with Crippen LogP contribution in [0.1, 0.15) is 48.5 Å². The van der Waals surface area contributed by atoms with Gasteiger partial charge in [-0.3, -0.25) is 0 Å². The topological polar surface area (TPSA) is 47.9 Å². The van der Waals surface area contributed by atoms with E-state index in [-0.39, 0.29) is 5.41 Å². The van der Waals surface area contributed by atoms with E-state index in [1.54, 1.807) is 0 Å². The number of aryl methyl sites for hydroxylation is 1. The Labute approximate surface area is 167 Å². The maximum atomic E-state index is 11.4. The van der Waals surface area contributed by atoms with E-state index in [0.717, 1.165) is 36.8 Å². The Hall–Kier alpha value is -1.72. The third-order valence-electron chi connectivity index (χ3n) is 6.30. The molecule has 4 heteroatoms. The molecule has 1 unspecified atom stereocenters. The fraction of sp³-hybridized carbons (Fsp3) is 0.500. The van der Waals surface area contributed by atoms with Crippen LogP contribution in [-0.2, 0) is 20.8 Å². The third-order valence-corrected chi connectivity index (χ3v) is 6.30. The molecule has 0 aromatic heterocycles. The molecule has 1 heterocycles. The number of hydrogen-bond donors (Lipinski definition) is 1. The molecule has 2 aromatic rings. The quantitative estimate of drug-likeness (QED) is 0.796. The lowest BCUT2D eigenvalue weighted by molar-refractivity contribution is -0.208. The van der Waals surface area contributed by atoms with E-state index in [2.05, 4.69) is 31.2 Å². The molecule has 0 radical (unpaired) electrons. The van der Waals surface area contributed by atoms with Gasteiger partial charge in [0.1, 0.15) is 0 Å². The second kappa shape index (κ2) is 8.34. The Morgan fingerprint density at radius 1 is 0.929 bits per heavy atom. The highest BCUT2D eigenvalue weighted by Crippen LogP contribution is 2.51. The molecule has 0 amide bonds. The summed E-state index contributed by atoms with van der Waals surface area (Å²) in [6.07, 6.45) is 2.66. The summed E-state index contributed by atoms with van der Waals surface area (Å²) in [4.78, 5) is 0. The van der Waals surface area contributed by atoms with Crippen LogP contribution in [0.15, 0.2) is 54.6 Å². The SMILES string of the molecule is Cc1ccc(C(O)C2(COCc3ccccc3)CCC3(CC2)OCCO3)cc1. The van der Waals surface area contributed by atoms with Crippen molar-refractivity contribution in [3.63, 3.8) is 0 Å². The Morgan fingerprint density at radius 3 is 2.21 bits per heavy atom. The summed E-state index contributed by atoms with van der Waals surface area (Å²) in [6.45, 7) is 4.47. The zero-order chi connectivity index (χ0) is 19.5. The van der Waals surface area contributed by atoms with Crippen molar-refractivity contribution in [3.8, 4) is 0 Å². The molecule has 1 aliphatic heterocycles. The average Bonchev–Trinajstić information content (AvgIpc) is 3.19. The molecule has 1 N–H and O–H groups in total. The molecule has 1 saturated carbocycles. The van der Waals surface area contributed by atoms with Crippen LogP contribution in [0.3, 0.4) is 0 Å². The smallest absolute Gasteiger partial charge is 0.168 e. The van der Waals surface area contributed by atoms with Crippen molar-refractivity contribution in [1.29, 1.82) is 0 Å². The minimum Gasteiger partial charge on any atom is -0.388 e. The van der Waals surface area contributed by atoms with Gasteiger partial charge in [0, 0.05) is 18.3 Å². The summed E-state index contributed by atoms with van der Waals surface area (Å²) in [5, 5.41) is 11.4. The minimum atomic E-state index is -0.567. The fourth-order valence-corrected chi connectivity index (χ4v) is 4.46. The molecule has 1 atom stereocenters. The maximum absolute atomic E-state index is 11.4. The summed E-state index contributed by atoms with van der Waals surface area (Å²) >= 11 is 0. The van der Waals surface area contributed by atoms with E-state index in [0.29, 0.717) is 26.4 Å². The van der Waals surface area contributed by atoms with Gasteiger partial charge < -0.3 is 19.3 Å². The van der Waals surface area contributed by atoms with Gasteiger partial charge in [0.25, 0.3) is 0 Å². The highest BCUT2D eigenvalue weighted by Gasteiger charge is 2.49. The summed E-state index contributed by atoms with van der Waals surface area (Å²) in [7, 11) is 0. The summed E-state index contributed by atoms with van der Waals surface area (Å²) in [5.74, 6) is -0.448. The molecule has 2 fully saturated rings. The van der Waals surface area contributed by atoms with Gasteiger partial charge in [-0.2, -0.15) is 0 Å². The number of ether oxygens (including phenoxy) is 3. The molecule has 0 bridgehead atoms. The number of benzene rings is 2. The van der Waals surface area contributed by atoms with Crippen molar-refractivity contribution in [2.24, 2.45) is 5.41 Å². The average molecular weight is 383 g/mol. The standard InChI is InChI=1S/C24H30O4/c1-19-7-9-21(10-8-19)22(25)23(18-26-17-20-5-3-2-4-6-20)11-13-24(14-12-23)27-15-16-28-24/h2-10,22,25H,11-18H2,1H3. The second-order valence-corrected chi connectivity index (χ2v) is 8.26. The fourth-order valence-electron chi connectivity index (χ4n) is 4.46. The zero-order valence-corrected chi connectivity index (χ0v) is 16.6. The normalized spacial score (nSPS) is 21.6. The van der Waals surface area contributed by atoms with Crippen LogP contribution in [0.2, 0.25) is 0 Å². The van der Waals surface area contributed by atoms with E-state index in [1.807, 2.05) is 30.3 Å². The van der Waals surface area contributed by atoms with E-state index >= 15 is 0 Å². The lowest BCUT2D eigenvalue weighted by Crippen LogP contribution is -2.45. The van der Waals surface area contributed by atoms with E-state index in [9.17, 15) is 5.11 Å². The number of aliphatic hydroxyl groups excluding tert-OH is 1. The Bertz CT molecular complexity index is 740. The molecule has 2 aromatic carbocycles. The second-order valence-electron chi connectivity index (χ2n) is 8.26. The summed E-state index contributed by atoms with van der Waals surface area (Å²) in [5.41, 5.74) is 2.97. The van der Waals surface area contributed by atoms with Crippen molar-refractivity contribution in [1.82, 2.24) is 0 Å². The maximum Gasteiger partial charge on any atom is 0.168 e. The summed E-state index contributed by atoms with van der Waals surface area (Å²) < 4.78 is 17.9. The van der Waals surface area contributed by atoms with Gasteiger partial charge >= 0.3 is 0 Å². The summed E-state index contributed by atoms with van der Waals surface area (Å²) in [6, 6.07) is 18.4. The van der Waals surface area contributed by atoms with Crippen LogP contribution in [0, 0.1) is 12.3 Å². The molecule has 2 aliphatic rings. The molecule has 28 heavy (non-hydrogen) atoms. The van der Waals surface area contributed by atoms with Crippen LogP contribution in [0.4, 0.5) is 0 Å². The van der Waals surface area contributed by atoms with Gasteiger partial charge in [0.2, 0.25) is 0 Å². The lowest BCUT2D eigenvalue weighted by Gasteiger charge is -2.46. The van der Waals surface area contributed by atoms with Crippen molar-refractivity contribution >= 4 is 0 Å². The van der Waals surface area contributed by atoms with Crippen LogP contribution < -0.4 is 0 Å². The number of aliphatic hydroxyl groups is 1. The first-order valence-electron chi connectivity index (χ1n) is 10.3. The minimum absolute atomic E-state index is 0.329. The lowest BCUT2D eigenvalue weighted by atomic mass is 9.67. The zero-order valence-electron chi connectivity index (χ0n) is 16.6. The van der Waals surface area contributed by atoms with E-state index in [1.165, 1.54) is 5.56 Å². The largest absolute Gasteiger partial charge is 0.388 e. The van der Waals surface area contributed by atoms with Gasteiger partial charge in [-0.05, 0) is 30.9 Å². The molecule has 4 nitrogen and oxygen atoms in total. The van der Waals surface area contributed by atoms with Crippen molar-refractivity contribution in [2.45, 2.75) is 51.1 Å². The van der Waals surface area contributed by atoms with Crippen molar-refractivity contribution in [3.05, 3.63) is 71.3 Å². The Morgan fingerprint density at radius 2 is 1.57 bits per heavy atom. The first-order chi connectivity index (χ1) is 13.6. The van der Waals surface area contributed by atoms with Crippen molar-refractivity contribution < 1.29 is 19.3 Å². The highest BCUT2D eigenvalue weighted by atomic mass is 16.7. The molecule has 1 spiro atoms. The molecule has 1 aliphatic carbocycles. The van der Waals surface area contributed by atoms with Crippen LogP contribution in [0.25, 0.3) is 0 Å². The third kappa shape index (κ3) is 4.15. The van der Waals surface area contributed by atoms with Gasteiger partial charge in [0.15, 0.2) is 5.79 Å². The van der Waals surface area contributed by atoms with E-state index < -0.39 is 11.9 Å². The molecular formula is C24H30O4. The Kier molecular flexibility index (Phi) is 5.83. The first kappa shape index (κ1) is 19.6. The monoisotopic (exact) mass is 382 g/mol. The first-order valence-corrected chi connectivity index (χ1v) is 10.3. The van der Waals surface area contributed by atoms with Gasteiger partial charge in [-0.25, -0.2) is 0 Å². The number of hydrogen-bond acceptors (Lipinski definition) is 4. The predicted octanol–water partition coefficient (Wildman–Crippen LogP) is 4.55. The molecule has 4 rings (SSSR count). The predicted molar refractivity (Wildman–Crippen MR) is 108 cm³/mol. The molecule has 1 saturated heterocycles.